The molecule has 0 bridgehead atoms. The van der Waals surface area contributed by atoms with Gasteiger partial charge in [0, 0.05) is 31.1 Å². The van der Waals surface area contributed by atoms with Gasteiger partial charge in [0.2, 0.25) is 0 Å². The largest absolute Gasteiger partial charge is 0.485 e. The van der Waals surface area contributed by atoms with Gasteiger partial charge in [0.05, 0.1) is 12.5 Å². The summed E-state index contributed by atoms with van der Waals surface area (Å²) >= 11 is 0. The van der Waals surface area contributed by atoms with E-state index in [1.54, 1.807) is 25.2 Å². The number of nitrogens with one attached hydrogen (secondary N) is 1. The van der Waals surface area contributed by atoms with Gasteiger partial charge in [0.15, 0.2) is 11.5 Å². The maximum atomic E-state index is 13.5. The van der Waals surface area contributed by atoms with Gasteiger partial charge in [-0.25, -0.2) is 4.99 Å². The Morgan fingerprint density at radius 1 is 1.17 bits per heavy atom. The number of nitrogens with zero attached hydrogens (tertiary/aromatic N) is 3. The number of nitrogens with two attached hydrogens (primary N) is 1. The van der Waals surface area contributed by atoms with Crippen molar-refractivity contribution in [1.29, 1.82) is 5.26 Å². The highest BCUT2D eigenvalue weighted by Crippen LogP contribution is 2.50. The molecule has 3 aromatic carbocycles. The van der Waals surface area contributed by atoms with Gasteiger partial charge in [-0.05, 0) is 41.0 Å². The lowest BCUT2D eigenvalue weighted by molar-refractivity contribution is -0.132. The molecule has 3 N–H and O–H groups in total. The number of carbonyl (C=O) groups excluding carboxylic acids is 2. The van der Waals surface area contributed by atoms with Crippen molar-refractivity contribution in [2.24, 2.45) is 10.7 Å². The number of nitriles is 1. The van der Waals surface area contributed by atoms with Crippen molar-refractivity contribution in [3.05, 3.63) is 89.5 Å². The normalized spacial score (nSPS) is 20.3. The number of carbonyl (C=O) groups is 2. The third kappa shape index (κ3) is 3.95. The second kappa shape index (κ2) is 9.19. The van der Waals surface area contributed by atoms with Crippen LogP contribution in [-0.2, 0) is 10.3 Å². The van der Waals surface area contributed by atoms with Crippen LogP contribution in [0.25, 0.3) is 11.1 Å². The molecule has 1 spiro atoms. The van der Waals surface area contributed by atoms with E-state index < -0.39 is 5.54 Å². The summed E-state index contributed by atoms with van der Waals surface area (Å²) in [5.41, 5.74) is 8.63. The van der Waals surface area contributed by atoms with E-state index in [4.69, 9.17) is 15.7 Å². The highest BCUT2D eigenvalue weighted by molar-refractivity contribution is 6.07. The van der Waals surface area contributed by atoms with Crippen molar-refractivity contribution < 1.29 is 14.3 Å². The fourth-order valence-corrected chi connectivity index (χ4v) is 4.74. The molecular weight excluding hydrogens is 454 g/mol. The summed E-state index contributed by atoms with van der Waals surface area (Å²) in [4.78, 5) is 32.1. The Bertz CT molecular complexity index is 1410. The van der Waals surface area contributed by atoms with E-state index in [1.807, 2.05) is 60.7 Å². The molecule has 0 radical (unpaired) electrons. The van der Waals surface area contributed by atoms with Crippen LogP contribution in [0.2, 0.25) is 0 Å². The Balaban J connectivity index is 1.56. The maximum Gasteiger partial charge on any atom is 0.261 e. The maximum absolute atomic E-state index is 13.5. The summed E-state index contributed by atoms with van der Waals surface area (Å²) in [5, 5.41) is 11.4. The molecule has 0 aromatic heterocycles. The zero-order chi connectivity index (χ0) is 25.3. The minimum Gasteiger partial charge on any atom is -0.485 e. The Morgan fingerprint density at radius 3 is 2.67 bits per heavy atom. The molecule has 2 heterocycles. The number of rotatable bonds is 5. The molecule has 8 heteroatoms. The van der Waals surface area contributed by atoms with Crippen LogP contribution in [0.4, 0.5) is 0 Å². The van der Waals surface area contributed by atoms with Gasteiger partial charge in [-0.3, -0.25) is 14.5 Å². The summed E-state index contributed by atoms with van der Waals surface area (Å²) in [6.07, 6.45) is 0.199. The van der Waals surface area contributed by atoms with E-state index in [1.165, 1.54) is 4.90 Å². The fraction of sp³-hybridized carbons (Fsp3) is 0.214. The van der Waals surface area contributed by atoms with Gasteiger partial charge in [-0.15, -0.1) is 0 Å². The second-order valence-corrected chi connectivity index (χ2v) is 8.87. The third-order valence-electron chi connectivity index (χ3n) is 6.63. The minimum atomic E-state index is -1.20. The van der Waals surface area contributed by atoms with Gasteiger partial charge in [0.1, 0.15) is 11.9 Å². The molecule has 0 fully saturated rings. The van der Waals surface area contributed by atoms with E-state index in [0.29, 0.717) is 23.3 Å². The van der Waals surface area contributed by atoms with Crippen LogP contribution in [0.3, 0.4) is 0 Å². The van der Waals surface area contributed by atoms with Gasteiger partial charge in [-0.1, -0.05) is 48.5 Å². The van der Waals surface area contributed by atoms with E-state index in [0.717, 1.165) is 16.7 Å². The van der Waals surface area contributed by atoms with Crippen molar-refractivity contribution in [2.75, 3.05) is 13.6 Å². The number of likely N-dealkylation sites (N-methyl/N-ethyl adjacent to an activating group) is 1. The molecule has 2 amide bonds. The van der Waals surface area contributed by atoms with Crippen molar-refractivity contribution in [2.45, 2.75) is 24.5 Å². The zero-order valence-corrected chi connectivity index (χ0v) is 19.8. The lowest BCUT2D eigenvalue weighted by Gasteiger charge is -2.37. The van der Waals surface area contributed by atoms with Gasteiger partial charge in [0.25, 0.3) is 11.8 Å². The van der Waals surface area contributed by atoms with Crippen LogP contribution in [0.5, 0.6) is 5.75 Å². The Kier molecular flexibility index (Phi) is 5.90. The summed E-state index contributed by atoms with van der Waals surface area (Å²) in [7, 11) is 1.63. The Labute approximate surface area is 209 Å². The number of hydrogen-bond donors (Lipinski definition) is 2. The number of aliphatic imine (C=N–C) groups is 1. The first-order valence-corrected chi connectivity index (χ1v) is 11.7. The molecule has 36 heavy (non-hydrogen) atoms. The predicted octanol–water partition coefficient (Wildman–Crippen LogP) is 3.50. The third-order valence-corrected chi connectivity index (χ3v) is 6.63. The molecular formula is C28H25N5O3. The van der Waals surface area contributed by atoms with E-state index in [9.17, 15) is 9.59 Å². The SMILES string of the molecule is CN1C(=O)C2(CC(c3ccccc3)Oc3ccc(-c4cccc(C(=O)NCCC#N)c4)cc32)N=C1N. The molecule has 0 saturated heterocycles. The molecule has 2 aliphatic heterocycles. The average molecular weight is 480 g/mol. The number of amides is 2. The Hall–Kier alpha value is -4.64. The monoisotopic (exact) mass is 479 g/mol. The number of hydrogen-bond acceptors (Lipinski definition) is 6. The van der Waals surface area contributed by atoms with Crippen LogP contribution >= 0.6 is 0 Å². The predicted molar refractivity (Wildman–Crippen MR) is 135 cm³/mol. The Morgan fingerprint density at radius 2 is 1.94 bits per heavy atom. The van der Waals surface area contributed by atoms with Crippen LogP contribution in [0.1, 0.15) is 40.4 Å². The first-order chi connectivity index (χ1) is 17.4. The molecule has 180 valence electrons. The number of guanidine groups is 1. The smallest absolute Gasteiger partial charge is 0.261 e. The molecule has 8 nitrogen and oxygen atoms in total. The molecule has 3 aromatic rings. The standard InChI is InChI=1S/C28H25N5O3/c1-33-26(35)28(32-27(33)30)17-24(18-7-3-2-4-8-18)36-23-12-11-20(16-22(23)28)19-9-5-10-21(15-19)25(34)31-14-6-13-29/h2-5,7-12,15-16,24H,6,14,17H2,1H3,(H2,30,32)(H,31,34). The number of ether oxygens (including phenoxy) is 1. The van der Waals surface area contributed by atoms with Crippen LogP contribution in [0.15, 0.2) is 77.8 Å². The lowest BCUT2D eigenvalue weighted by atomic mass is 9.79. The molecule has 5 rings (SSSR count). The van der Waals surface area contributed by atoms with Crippen molar-refractivity contribution in [1.82, 2.24) is 10.2 Å². The van der Waals surface area contributed by atoms with Crippen LogP contribution < -0.4 is 15.8 Å². The first-order valence-electron chi connectivity index (χ1n) is 11.7. The van der Waals surface area contributed by atoms with Crippen molar-refractivity contribution >= 4 is 17.8 Å². The summed E-state index contributed by atoms with van der Waals surface area (Å²) in [6.45, 7) is 0.288. The molecule has 0 saturated carbocycles. The van der Waals surface area contributed by atoms with Crippen LogP contribution in [0, 0.1) is 11.3 Å². The summed E-state index contributed by atoms with van der Waals surface area (Å²) < 4.78 is 6.36. The van der Waals surface area contributed by atoms with Crippen molar-refractivity contribution in [3.63, 3.8) is 0 Å². The topological polar surface area (TPSA) is 121 Å². The fourth-order valence-electron chi connectivity index (χ4n) is 4.74. The zero-order valence-electron chi connectivity index (χ0n) is 19.8. The van der Waals surface area contributed by atoms with E-state index in [2.05, 4.69) is 10.3 Å². The molecule has 0 aliphatic carbocycles. The highest BCUT2D eigenvalue weighted by atomic mass is 16.5. The molecule has 2 aliphatic rings. The first kappa shape index (κ1) is 23.1. The van der Waals surface area contributed by atoms with E-state index in [-0.39, 0.29) is 36.8 Å². The highest BCUT2D eigenvalue weighted by Gasteiger charge is 2.53. The lowest BCUT2D eigenvalue weighted by Crippen LogP contribution is -2.43. The molecule has 2 unspecified atom stereocenters. The van der Waals surface area contributed by atoms with Gasteiger partial charge >= 0.3 is 0 Å². The second-order valence-electron chi connectivity index (χ2n) is 8.87. The summed E-state index contributed by atoms with van der Waals surface area (Å²) in [6, 6.07) is 24.6. The average Bonchev–Trinajstić information content (AvgIpc) is 3.12. The van der Waals surface area contributed by atoms with Crippen LogP contribution in [-0.4, -0.2) is 36.3 Å². The van der Waals surface area contributed by atoms with Crippen molar-refractivity contribution in [3.8, 4) is 22.9 Å². The summed E-state index contributed by atoms with van der Waals surface area (Å²) in [5.74, 6) is 0.291. The number of fused-ring (bicyclic) bond motifs is 2. The molecule has 2 atom stereocenters. The quantitative estimate of drug-likeness (QED) is 0.543. The minimum absolute atomic E-state index is 0.168. The van der Waals surface area contributed by atoms with Gasteiger partial charge in [-0.2, -0.15) is 5.26 Å². The number of benzene rings is 3. The van der Waals surface area contributed by atoms with E-state index >= 15 is 0 Å². The van der Waals surface area contributed by atoms with Gasteiger partial charge < -0.3 is 15.8 Å².